The molecule has 0 radical (unpaired) electrons. The molecule has 0 unspecified atom stereocenters. The average molecular weight is 214 g/mol. The van der Waals surface area contributed by atoms with Crippen LogP contribution in [-0.2, 0) is 4.79 Å². The van der Waals surface area contributed by atoms with Gasteiger partial charge in [0.1, 0.15) is 0 Å². The number of rotatable bonds is 1. The van der Waals surface area contributed by atoms with Gasteiger partial charge in [-0.05, 0) is 30.9 Å². The van der Waals surface area contributed by atoms with Crippen molar-refractivity contribution in [2.75, 3.05) is 0 Å². The third-order valence-electron chi connectivity index (χ3n) is 2.77. The number of aliphatic hydroxyl groups is 1. The molecular weight excluding hydrogens is 200 g/mol. The molecule has 0 aromatic heterocycles. The summed E-state index contributed by atoms with van der Waals surface area (Å²) < 4.78 is 0. The molecule has 1 saturated carbocycles. The highest BCUT2D eigenvalue weighted by Gasteiger charge is 2.20. The minimum atomic E-state index is -0.0161. The predicted molar refractivity (Wildman–Crippen MR) is 64.0 cm³/mol. The molecule has 0 amide bonds. The Labute approximate surface area is 94.9 Å². The summed E-state index contributed by atoms with van der Waals surface area (Å²) in [5.41, 5.74) is 2.34. The van der Waals surface area contributed by atoms with Crippen molar-refractivity contribution in [2.45, 2.75) is 19.3 Å². The molecule has 82 valence electrons. The average Bonchev–Trinajstić information content (AvgIpc) is 2.33. The van der Waals surface area contributed by atoms with Crippen LogP contribution >= 0.6 is 0 Å². The van der Waals surface area contributed by atoms with E-state index in [2.05, 4.69) is 0 Å². The summed E-state index contributed by atoms with van der Waals surface area (Å²) in [6.45, 7) is 0. The van der Waals surface area contributed by atoms with Crippen LogP contribution in [0.2, 0.25) is 0 Å². The maximum Gasteiger partial charge on any atom is 0.188 e. The Hall–Kier alpha value is -1.83. The fourth-order valence-electron chi connectivity index (χ4n) is 1.91. The Morgan fingerprint density at radius 2 is 1.75 bits per heavy atom. The van der Waals surface area contributed by atoms with Crippen molar-refractivity contribution in [2.24, 2.45) is 0 Å². The third kappa shape index (κ3) is 2.22. The zero-order chi connectivity index (χ0) is 11.4. The van der Waals surface area contributed by atoms with Crippen LogP contribution in [0.1, 0.15) is 24.8 Å². The Balaban J connectivity index is 2.27. The lowest BCUT2D eigenvalue weighted by Gasteiger charge is -2.15. The molecule has 0 heterocycles. The molecule has 1 aromatic rings. The molecule has 1 aliphatic rings. The van der Waals surface area contributed by atoms with Crippen molar-refractivity contribution in [3.8, 4) is 0 Å². The lowest BCUT2D eigenvalue weighted by molar-refractivity contribution is -0.113. The number of aliphatic hydroxyl groups excluding tert-OH is 1. The summed E-state index contributed by atoms with van der Waals surface area (Å²) in [4.78, 5) is 11.9. The van der Waals surface area contributed by atoms with Gasteiger partial charge >= 0.3 is 0 Å². The zero-order valence-electron chi connectivity index (χ0n) is 9.02. The molecule has 1 N–H and O–H groups in total. The van der Waals surface area contributed by atoms with Crippen molar-refractivity contribution >= 4 is 11.9 Å². The van der Waals surface area contributed by atoms with Gasteiger partial charge in [-0.15, -0.1) is 0 Å². The van der Waals surface area contributed by atoms with E-state index in [0.717, 1.165) is 30.2 Å². The summed E-state index contributed by atoms with van der Waals surface area (Å²) >= 11 is 0. The normalized spacial score (nSPS) is 21.6. The summed E-state index contributed by atoms with van der Waals surface area (Å²) in [6, 6.07) is 9.78. The van der Waals surface area contributed by atoms with E-state index in [4.69, 9.17) is 5.11 Å². The second-order valence-electron chi connectivity index (χ2n) is 3.92. The first kappa shape index (κ1) is 10.7. The number of allylic oxidation sites excluding steroid dienone is 2. The van der Waals surface area contributed by atoms with Crippen molar-refractivity contribution < 1.29 is 9.90 Å². The largest absolute Gasteiger partial charge is 0.515 e. The second kappa shape index (κ2) is 4.79. The van der Waals surface area contributed by atoms with Crippen LogP contribution in [-0.4, -0.2) is 10.9 Å². The van der Waals surface area contributed by atoms with E-state index in [0.29, 0.717) is 12.0 Å². The van der Waals surface area contributed by atoms with Gasteiger partial charge in [0.2, 0.25) is 0 Å². The summed E-state index contributed by atoms with van der Waals surface area (Å²) in [5.74, 6) is -0.0161. The molecule has 1 fully saturated rings. The van der Waals surface area contributed by atoms with E-state index in [1.165, 1.54) is 0 Å². The van der Waals surface area contributed by atoms with E-state index in [9.17, 15) is 4.79 Å². The minimum absolute atomic E-state index is 0.0161. The van der Waals surface area contributed by atoms with Gasteiger partial charge in [-0.3, -0.25) is 4.79 Å². The van der Waals surface area contributed by atoms with Crippen LogP contribution in [0, 0.1) is 0 Å². The first-order valence-corrected chi connectivity index (χ1v) is 5.45. The SMILES string of the molecule is O=C1/C(=C\O)CCC/C1=C/c1ccccc1. The zero-order valence-corrected chi connectivity index (χ0v) is 9.02. The standard InChI is InChI=1S/C14H14O2/c15-10-13-8-4-7-12(14(13)16)9-11-5-2-1-3-6-11/h1-3,5-6,9-10,15H,4,7-8H2/b12-9-,13-10-. The van der Waals surface area contributed by atoms with Gasteiger partial charge < -0.3 is 5.11 Å². The summed E-state index contributed by atoms with van der Waals surface area (Å²) in [5, 5.41) is 8.94. The molecule has 0 spiro atoms. The van der Waals surface area contributed by atoms with Gasteiger partial charge in [0, 0.05) is 11.1 Å². The van der Waals surface area contributed by atoms with Crippen LogP contribution in [0.4, 0.5) is 0 Å². The fourth-order valence-corrected chi connectivity index (χ4v) is 1.91. The summed E-state index contributed by atoms with van der Waals surface area (Å²) in [6.07, 6.45) is 5.26. The van der Waals surface area contributed by atoms with Gasteiger partial charge in [-0.1, -0.05) is 30.3 Å². The number of carbonyl (C=O) groups is 1. The topological polar surface area (TPSA) is 37.3 Å². The maximum absolute atomic E-state index is 11.9. The van der Waals surface area contributed by atoms with Gasteiger partial charge in [-0.25, -0.2) is 0 Å². The Bertz CT molecular complexity index is 441. The highest BCUT2D eigenvalue weighted by molar-refractivity contribution is 6.11. The molecule has 2 heteroatoms. The lowest BCUT2D eigenvalue weighted by Crippen LogP contribution is -2.12. The Morgan fingerprint density at radius 1 is 1.06 bits per heavy atom. The van der Waals surface area contributed by atoms with Gasteiger partial charge in [0.15, 0.2) is 5.78 Å². The molecule has 2 rings (SSSR count). The first-order valence-electron chi connectivity index (χ1n) is 5.45. The van der Waals surface area contributed by atoms with Crippen molar-refractivity contribution in [1.29, 1.82) is 0 Å². The fraction of sp³-hybridized carbons (Fsp3) is 0.214. The highest BCUT2D eigenvalue weighted by Crippen LogP contribution is 2.25. The number of benzene rings is 1. The monoisotopic (exact) mass is 214 g/mol. The van der Waals surface area contributed by atoms with Crippen LogP contribution < -0.4 is 0 Å². The molecule has 0 saturated heterocycles. The second-order valence-corrected chi connectivity index (χ2v) is 3.92. The van der Waals surface area contributed by atoms with Gasteiger partial charge in [0.25, 0.3) is 0 Å². The van der Waals surface area contributed by atoms with Gasteiger partial charge in [-0.2, -0.15) is 0 Å². The van der Waals surface area contributed by atoms with Crippen molar-refractivity contribution in [1.82, 2.24) is 0 Å². The highest BCUT2D eigenvalue weighted by atomic mass is 16.2. The molecule has 1 aromatic carbocycles. The molecule has 2 nitrogen and oxygen atoms in total. The van der Waals surface area contributed by atoms with Gasteiger partial charge in [0.05, 0.1) is 6.26 Å². The number of hydrogen-bond acceptors (Lipinski definition) is 2. The predicted octanol–water partition coefficient (Wildman–Crippen LogP) is 3.26. The summed E-state index contributed by atoms with van der Waals surface area (Å²) in [7, 11) is 0. The van der Waals surface area contributed by atoms with E-state index >= 15 is 0 Å². The Kier molecular flexibility index (Phi) is 3.20. The van der Waals surface area contributed by atoms with Crippen molar-refractivity contribution in [3.05, 3.63) is 53.3 Å². The maximum atomic E-state index is 11.9. The van der Waals surface area contributed by atoms with E-state index < -0.39 is 0 Å². The van der Waals surface area contributed by atoms with Crippen LogP contribution in [0.5, 0.6) is 0 Å². The van der Waals surface area contributed by atoms with Crippen LogP contribution in [0.25, 0.3) is 6.08 Å². The Morgan fingerprint density at radius 3 is 2.44 bits per heavy atom. The molecule has 1 aliphatic carbocycles. The quantitative estimate of drug-likeness (QED) is 0.575. The molecule has 16 heavy (non-hydrogen) atoms. The van der Waals surface area contributed by atoms with E-state index in [-0.39, 0.29) is 5.78 Å². The van der Waals surface area contributed by atoms with Crippen molar-refractivity contribution in [3.63, 3.8) is 0 Å². The van der Waals surface area contributed by atoms with E-state index in [1.807, 2.05) is 36.4 Å². The molecule has 0 atom stereocenters. The smallest absolute Gasteiger partial charge is 0.188 e. The number of hydrogen-bond donors (Lipinski definition) is 1. The molecular formula is C14H14O2. The van der Waals surface area contributed by atoms with E-state index in [1.54, 1.807) is 0 Å². The molecule has 0 aliphatic heterocycles. The number of carbonyl (C=O) groups excluding carboxylic acids is 1. The molecule has 0 bridgehead atoms. The minimum Gasteiger partial charge on any atom is -0.515 e. The van der Waals surface area contributed by atoms with Crippen LogP contribution in [0.15, 0.2) is 47.7 Å². The first-order chi connectivity index (χ1) is 7.81. The third-order valence-corrected chi connectivity index (χ3v) is 2.77. The lowest BCUT2D eigenvalue weighted by atomic mass is 9.88. The van der Waals surface area contributed by atoms with Crippen LogP contribution in [0.3, 0.4) is 0 Å². The number of ketones is 1. The number of Topliss-reactive ketones (excluding diaryl/α,β-unsaturated/α-hetero) is 1.